The standard InChI is InChI=1S/C15H15NO2/c1-12-7-9-14(10-8-12)15(17)18-16-11-13-5-3-2-4-6-13/h2-10,16H,11H2,1H3/q+1. The van der Waals surface area contributed by atoms with Gasteiger partial charge in [-0.3, -0.25) is 0 Å². The van der Waals surface area contributed by atoms with Crippen LogP contribution in [0.15, 0.2) is 54.6 Å². The van der Waals surface area contributed by atoms with Crippen molar-refractivity contribution in [2.45, 2.75) is 13.5 Å². The molecule has 0 aromatic heterocycles. The lowest BCUT2D eigenvalue weighted by Gasteiger charge is -1.97. The highest BCUT2D eigenvalue weighted by atomic mass is 16.7. The van der Waals surface area contributed by atoms with Crippen molar-refractivity contribution in [3.63, 3.8) is 0 Å². The summed E-state index contributed by atoms with van der Waals surface area (Å²) in [6.07, 6.45) is 0. The molecule has 0 atom stereocenters. The maximum Gasteiger partial charge on any atom is 0.630 e. The summed E-state index contributed by atoms with van der Waals surface area (Å²) in [5.41, 5.74) is 5.39. The number of aryl methyl sites for hydroxylation is 1. The highest BCUT2D eigenvalue weighted by molar-refractivity contribution is 5.89. The van der Waals surface area contributed by atoms with E-state index < -0.39 is 0 Å². The van der Waals surface area contributed by atoms with E-state index in [1.165, 1.54) is 0 Å². The van der Waals surface area contributed by atoms with E-state index in [1.807, 2.05) is 49.4 Å². The summed E-state index contributed by atoms with van der Waals surface area (Å²) in [4.78, 5) is 16.6. The molecular formula is C15H15NO2+. The van der Waals surface area contributed by atoms with Crippen molar-refractivity contribution >= 4 is 5.97 Å². The first kappa shape index (κ1) is 12.3. The predicted molar refractivity (Wildman–Crippen MR) is 69.9 cm³/mol. The number of hydrogen-bond acceptors (Lipinski definition) is 3. The molecule has 18 heavy (non-hydrogen) atoms. The van der Waals surface area contributed by atoms with Gasteiger partial charge in [0.2, 0.25) is 0 Å². The molecule has 0 saturated heterocycles. The van der Waals surface area contributed by atoms with Crippen molar-refractivity contribution in [3.8, 4) is 0 Å². The number of rotatable bonds is 4. The molecule has 2 rings (SSSR count). The van der Waals surface area contributed by atoms with Crippen LogP contribution in [0.5, 0.6) is 0 Å². The van der Waals surface area contributed by atoms with Gasteiger partial charge in [-0.25, -0.2) is 0 Å². The summed E-state index contributed by atoms with van der Waals surface area (Å²) in [5, 5.41) is 0. The average molecular weight is 241 g/mol. The van der Waals surface area contributed by atoms with E-state index in [1.54, 1.807) is 12.1 Å². The summed E-state index contributed by atoms with van der Waals surface area (Å²) < 4.78 is 0. The lowest BCUT2D eigenvalue weighted by Crippen LogP contribution is -2.19. The van der Waals surface area contributed by atoms with Crippen LogP contribution in [0.25, 0.3) is 0 Å². The molecule has 2 aromatic rings. The van der Waals surface area contributed by atoms with Crippen LogP contribution in [-0.4, -0.2) is 5.97 Å². The Balaban J connectivity index is 1.84. The second-order valence-corrected chi connectivity index (χ2v) is 4.06. The average Bonchev–Trinajstić information content (AvgIpc) is 2.40. The van der Waals surface area contributed by atoms with Gasteiger partial charge in [-0.15, -0.1) is 0 Å². The smallest absolute Gasteiger partial charge is 0.195 e. The summed E-state index contributed by atoms with van der Waals surface area (Å²) >= 11 is 0. The zero-order valence-corrected chi connectivity index (χ0v) is 10.2. The first-order valence-corrected chi connectivity index (χ1v) is 5.80. The number of hydroxylamine groups is 1. The van der Waals surface area contributed by atoms with E-state index in [4.69, 9.17) is 4.84 Å². The van der Waals surface area contributed by atoms with Crippen LogP contribution in [0, 0.1) is 6.92 Å². The van der Waals surface area contributed by atoms with Gasteiger partial charge in [-0.2, -0.15) is 4.84 Å². The quantitative estimate of drug-likeness (QED) is 0.661. The normalized spacial score (nSPS) is 10.1. The third-order valence-electron chi connectivity index (χ3n) is 2.57. The highest BCUT2D eigenvalue weighted by Crippen LogP contribution is 2.04. The Bertz CT molecular complexity index is 506. The maximum absolute atomic E-state index is 11.7. The van der Waals surface area contributed by atoms with Gasteiger partial charge in [-0.1, -0.05) is 48.0 Å². The molecule has 0 fully saturated rings. The fourth-order valence-corrected chi connectivity index (χ4v) is 1.53. The molecule has 0 spiro atoms. The fraction of sp³-hybridized carbons (Fsp3) is 0.133. The zero-order valence-electron chi connectivity index (χ0n) is 10.2. The topological polar surface area (TPSA) is 41.2 Å². The second kappa shape index (κ2) is 5.98. The van der Waals surface area contributed by atoms with Crippen LogP contribution in [0.1, 0.15) is 21.5 Å². The van der Waals surface area contributed by atoms with E-state index in [0.717, 1.165) is 11.1 Å². The van der Waals surface area contributed by atoms with Crippen LogP contribution >= 0.6 is 0 Å². The SMILES string of the molecule is Cc1ccc(C(=[O+])ONCc2ccccc2)cc1. The lowest BCUT2D eigenvalue weighted by molar-refractivity contribution is 0.0237. The Morgan fingerprint density at radius 3 is 2.39 bits per heavy atom. The van der Waals surface area contributed by atoms with Gasteiger partial charge in [0.05, 0.1) is 11.3 Å². The minimum atomic E-state index is -0.370. The number of carbonyl (C=O) groups excluding carboxylic acids is 1. The Morgan fingerprint density at radius 2 is 1.72 bits per heavy atom. The highest BCUT2D eigenvalue weighted by Gasteiger charge is 2.20. The predicted octanol–water partition coefficient (Wildman–Crippen LogP) is 2.86. The molecule has 3 heteroatoms. The number of nitrogens with one attached hydrogen (secondary N) is 1. The molecule has 1 radical (unpaired) electrons. The second-order valence-electron chi connectivity index (χ2n) is 4.06. The van der Waals surface area contributed by atoms with Gasteiger partial charge in [0, 0.05) is 0 Å². The van der Waals surface area contributed by atoms with E-state index >= 15 is 0 Å². The van der Waals surface area contributed by atoms with Crippen LogP contribution in [-0.2, 0) is 11.4 Å². The Hall–Kier alpha value is -2.13. The van der Waals surface area contributed by atoms with E-state index in [9.17, 15) is 4.79 Å². The van der Waals surface area contributed by atoms with Gasteiger partial charge in [-0.05, 0) is 30.1 Å². The van der Waals surface area contributed by atoms with Gasteiger partial charge in [0.1, 0.15) is 5.56 Å². The molecule has 0 saturated carbocycles. The van der Waals surface area contributed by atoms with Crippen molar-refractivity contribution in [3.05, 3.63) is 71.3 Å². The summed E-state index contributed by atoms with van der Waals surface area (Å²) in [6.45, 7) is 2.47. The largest absolute Gasteiger partial charge is 0.630 e. The van der Waals surface area contributed by atoms with Gasteiger partial charge >= 0.3 is 5.97 Å². The Morgan fingerprint density at radius 1 is 1.06 bits per heavy atom. The van der Waals surface area contributed by atoms with Crippen LogP contribution in [0.4, 0.5) is 0 Å². The molecule has 0 amide bonds. The molecule has 1 N–H and O–H groups in total. The van der Waals surface area contributed by atoms with Gasteiger partial charge in [0.25, 0.3) is 0 Å². The fourth-order valence-electron chi connectivity index (χ4n) is 1.53. The van der Waals surface area contributed by atoms with E-state index in [2.05, 4.69) is 5.48 Å². The van der Waals surface area contributed by atoms with E-state index in [-0.39, 0.29) is 5.97 Å². The van der Waals surface area contributed by atoms with E-state index in [0.29, 0.717) is 12.1 Å². The number of carbonyl (C=O) groups is 1. The molecule has 0 aliphatic carbocycles. The molecule has 2 aromatic carbocycles. The summed E-state index contributed by atoms with van der Waals surface area (Å²) in [5.74, 6) is -0.370. The Kier molecular flexibility index (Phi) is 4.10. The molecule has 0 heterocycles. The van der Waals surface area contributed by atoms with Crippen LogP contribution in [0.3, 0.4) is 0 Å². The number of hydrogen-bond donors (Lipinski definition) is 1. The molecule has 0 aliphatic heterocycles. The van der Waals surface area contributed by atoms with Gasteiger partial charge < -0.3 is 0 Å². The monoisotopic (exact) mass is 241 g/mol. The zero-order chi connectivity index (χ0) is 12.8. The van der Waals surface area contributed by atoms with Crippen LogP contribution < -0.4 is 5.48 Å². The molecule has 0 unspecified atom stereocenters. The minimum absolute atomic E-state index is 0.370. The first-order chi connectivity index (χ1) is 8.75. The lowest BCUT2D eigenvalue weighted by atomic mass is 10.2. The van der Waals surface area contributed by atoms with Crippen molar-refractivity contribution in [1.82, 2.24) is 5.48 Å². The Labute approximate surface area is 106 Å². The van der Waals surface area contributed by atoms with Crippen molar-refractivity contribution in [1.29, 1.82) is 0 Å². The molecule has 0 aliphatic rings. The molecular weight excluding hydrogens is 226 g/mol. The summed E-state index contributed by atoms with van der Waals surface area (Å²) in [6, 6.07) is 17.0. The summed E-state index contributed by atoms with van der Waals surface area (Å²) in [7, 11) is 0. The van der Waals surface area contributed by atoms with Crippen molar-refractivity contribution < 1.29 is 9.63 Å². The van der Waals surface area contributed by atoms with Crippen molar-refractivity contribution in [2.75, 3.05) is 0 Å². The van der Waals surface area contributed by atoms with Crippen LogP contribution in [0.2, 0.25) is 0 Å². The van der Waals surface area contributed by atoms with Gasteiger partial charge in [0.15, 0.2) is 0 Å². The molecule has 0 bridgehead atoms. The van der Waals surface area contributed by atoms with Crippen molar-refractivity contribution in [2.24, 2.45) is 0 Å². The first-order valence-electron chi connectivity index (χ1n) is 5.80. The third-order valence-corrected chi connectivity index (χ3v) is 2.57. The minimum Gasteiger partial charge on any atom is -0.195 e. The third kappa shape index (κ3) is 3.43. The number of benzene rings is 2. The molecule has 3 nitrogen and oxygen atoms in total. The maximum atomic E-state index is 11.7. The molecule has 91 valence electrons.